The van der Waals surface area contributed by atoms with Gasteiger partial charge in [0.25, 0.3) is 5.56 Å². The van der Waals surface area contributed by atoms with Crippen molar-refractivity contribution in [1.29, 1.82) is 0 Å². The van der Waals surface area contributed by atoms with Crippen LogP contribution < -0.4 is 16.2 Å². The van der Waals surface area contributed by atoms with Gasteiger partial charge in [-0.15, -0.1) is 11.3 Å². The van der Waals surface area contributed by atoms with Crippen molar-refractivity contribution in [3.8, 4) is 11.1 Å². The molecule has 1 atom stereocenters. The van der Waals surface area contributed by atoms with E-state index < -0.39 is 38.5 Å². The van der Waals surface area contributed by atoms with Gasteiger partial charge in [-0.25, -0.2) is 17.8 Å². The minimum absolute atomic E-state index is 0.0393. The molecule has 4 rings (SSSR count). The highest BCUT2D eigenvalue weighted by Gasteiger charge is 2.37. The maximum absolute atomic E-state index is 15.2. The molecule has 1 saturated carbocycles. The van der Waals surface area contributed by atoms with Gasteiger partial charge in [-0.1, -0.05) is 13.8 Å². The molecule has 1 fully saturated rings. The number of carbonyl (C=O) groups is 2. The predicted molar refractivity (Wildman–Crippen MR) is 147 cm³/mol. The Balaban J connectivity index is 1.68. The number of rotatable bonds is 12. The highest BCUT2D eigenvalue weighted by molar-refractivity contribution is 7.92. The zero-order chi connectivity index (χ0) is 28.3. The molecule has 39 heavy (non-hydrogen) atoms. The number of nitrogens with one attached hydrogen (secondary N) is 2. The zero-order valence-corrected chi connectivity index (χ0v) is 23.5. The van der Waals surface area contributed by atoms with Gasteiger partial charge in [-0.3, -0.25) is 14.4 Å². The molecule has 2 amide bonds. The smallest absolute Gasteiger partial charge is 0.250 e. The Kier molecular flexibility index (Phi) is 8.82. The molecule has 1 aromatic carbocycles. The molecular formula is C26H31FN4O6S2. The van der Waals surface area contributed by atoms with Crippen LogP contribution in [0.2, 0.25) is 0 Å². The van der Waals surface area contributed by atoms with Crippen molar-refractivity contribution in [3.05, 3.63) is 51.6 Å². The molecule has 2 N–H and O–H groups in total. The number of ether oxygens (including phenoxy) is 1. The quantitative estimate of drug-likeness (QED) is 0.337. The van der Waals surface area contributed by atoms with Crippen molar-refractivity contribution >= 4 is 43.2 Å². The number of hydrogen-bond donors (Lipinski definition) is 2. The molecule has 13 heteroatoms. The normalized spacial score (nSPS) is 14.5. The third kappa shape index (κ3) is 7.08. The summed E-state index contributed by atoms with van der Waals surface area (Å²) in [4.78, 5) is 41.7. The zero-order valence-electron chi connectivity index (χ0n) is 21.9. The second kappa shape index (κ2) is 11.9. The first-order valence-electron chi connectivity index (χ1n) is 12.6. The third-order valence-corrected chi connectivity index (χ3v) is 9.23. The van der Waals surface area contributed by atoms with Gasteiger partial charge in [0.2, 0.25) is 11.8 Å². The standard InChI is InChI=1S/C26H31FN4O6S2/c1-15(2)13-31-14-16(4-7-23(31)33)18-10-21-20(11-19(18)27)30-26(38-21)24(39(35,36)9-8-37-3)25(34)28-12-22(32)29-17-5-6-17/h4,7,10-11,14-15,17,24H,5-6,8-9,12-13H2,1-3H3,(H,28,34)(H,29,32). The van der Waals surface area contributed by atoms with E-state index in [0.29, 0.717) is 16.8 Å². The summed E-state index contributed by atoms with van der Waals surface area (Å²) in [6, 6.07) is 5.72. The number of carbonyl (C=O) groups excluding carboxylic acids is 2. The maximum atomic E-state index is 15.2. The van der Waals surface area contributed by atoms with Crippen LogP contribution in [0, 0.1) is 11.7 Å². The number of benzene rings is 1. The summed E-state index contributed by atoms with van der Waals surface area (Å²) in [5.74, 6) is -2.14. The minimum Gasteiger partial charge on any atom is -0.384 e. The predicted octanol–water partition coefficient (Wildman–Crippen LogP) is 2.42. The monoisotopic (exact) mass is 578 g/mol. The lowest BCUT2D eigenvalue weighted by Gasteiger charge is -2.15. The largest absolute Gasteiger partial charge is 0.384 e. The number of methoxy groups -OCH3 is 1. The van der Waals surface area contributed by atoms with Crippen LogP contribution in [0.15, 0.2) is 35.3 Å². The van der Waals surface area contributed by atoms with Crippen molar-refractivity contribution in [2.75, 3.05) is 26.0 Å². The lowest BCUT2D eigenvalue weighted by Crippen LogP contribution is -2.41. The first-order valence-corrected chi connectivity index (χ1v) is 15.1. The first kappa shape index (κ1) is 28.8. The maximum Gasteiger partial charge on any atom is 0.250 e. The van der Waals surface area contributed by atoms with Crippen LogP contribution in [0.5, 0.6) is 0 Å². The van der Waals surface area contributed by atoms with Gasteiger partial charge >= 0.3 is 0 Å². The molecule has 2 aromatic heterocycles. The van der Waals surface area contributed by atoms with Crippen LogP contribution in [0.3, 0.4) is 0 Å². The Morgan fingerprint density at radius 3 is 2.67 bits per heavy atom. The van der Waals surface area contributed by atoms with Gasteiger partial charge in [0, 0.05) is 49.2 Å². The molecule has 210 valence electrons. The fraction of sp³-hybridized carbons (Fsp3) is 0.462. The van der Waals surface area contributed by atoms with Crippen LogP contribution in [0.4, 0.5) is 4.39 Å². The molecule has 1 aliphatic rings. The average molecular weight is 579 g/mol. The van der Waals surface area contributed by atoms with E-state index in [-0.39, 0.29) is 46.8 Å². The summed E-state index contributed by atoms with van der Waals surface area (Å²) in [6.45, 7) is 3.90. The molecule has 0 spiro atoms. The van der Waals surface area contributed by atoms with Gasteiger partial charge in [-0.2, -0.15) is 0 Å². The molecule has 0 radical (unpaired) electrons. The number of aromatic nitrogens is 2. The molecule has 0 aliphatic heterocycles. The van der Waals surface area contributed by atoms with E-state index in [2.05, 4.69) is 15.6 Å². The fourth-order valence-corrected chi connectivity index (χ4v) is 7.00. The summed E-state index contributed by atoms with van der Waals surface area (Å²) in [5, 5.41) is 3.40. The SMILES string of the molecule is COCCS(=O)(=O)C(C(=O)NCC(=O)NC1CC1)c1nc2cc(F)c(-c3ccc(=O)n(CC(C)C)c3)cc2s1. The molecule has 3 aromatic rings. The Morgan fingerprint density at radius 1 is 1.26 bits per heavy atom. The number of fused-ring (bicyclic) bond motifs is 1. The van der Waals surface area contributed by atoms with E-state index in [1.54, 1.807) is 6.20 Å². The van der Waals surface area contributed by atoms with E-state index in [9.17, 15) is 22.8 Å². The van der Waals surface area contributed by atoms with Crippen LogP contribution in [-0.4, -0.2) is 61.8 Å². The van der Waals surface area contributed by atoms with Gasteiger partial charge in [-0.05, 0) is 30.9 Å². The number of hydrogen-bond acceptors (Lipinski definition) is 8. The summed E-state index contributed by atoms with van der Waals surface area (Å²) in [5.41, 5.74) is 0.691. The van der Waals surface area contributed by atoms with Crippen molar-refractivity contribution in [1.82, 2.24) is 20.2 Å². The summed E-state index contributed by atoms with van der Waals surface area (Å²) < 4.78 is 48.4. The van der Waals surface area contributed by atoms with E-state index in [1.165, 1.54) is 35.9 Å². The molecular weight excluding hydrogens is 547 g/mol. The van der Waals surface area contributed by atoms with E-state index in [4.69, 9.17) is 4.74 Å². The van der Waals surface area contributed by atoms with E-state index in [0.717, 1.165) is 24.2 Å². The van der Waals surface area contributed by atoms with Crippen molar-refractivity contribution in [2.45, 2.75) is 44.5 Å². The summed E-state index contributed by atoms with van der Waals surface area (Å²) in [7, 11) is -2.74. The number of amides is 2. The Morgan fingerprint density at radius 2 is 2.00 bits per heavy atom. The van der Waals surface area contributed by atoms with Crippen LogP contribution in [-0.2, 0) is 30.7 Å². The van der Waals surface area contributed by atoms with Crippen LogP contribution in [0.25, 0.3) is 21.3 Å². The number of sulfone groups is 1. The highest BCUT2D eigenvalue weighted by Crippen LogP contribution is 2.35. The molecule has 1 aliphatic carbocycles. The molecule has 0 bridgehead atoms. The molecule has 2 heterocycles. The Labute approximate surface area is 229 Å². The first-order chi connectivity index (χ1) is 18.5. The van der Waals surface area contributed by atoms with Crippen LogP contribution >= 0.6 is 11.3 Å². The van der Waals surface area contributed by atoms with Gasteiger partial charge < -0.3 is 19.9 Å². The minimum atomic E-state index is -4.09. The number of nitrogens with zero attached hydrogens (tertiary/aromatic N) is 2. The lowest BCUT2D eigenvalue weighted by atomic mass is 10.1. The van der Waals surface area contributed by atoms with E-state index in [1.807, 2.05) is 13.8 Å². The summed E-state index contributed by atoms with van der Waals surface area (Å²) >= 11 is 0.957. The molecule has 1 unspecified atom stereocenters. The number of halogens is 1. The van der Waals surface area contributed by atoms with Crippen LogP contribution in [0.1, 0.15) is 36.9 Å². The Bertz CT molecular complexity index is 1550. The molecule has 10 nitrogen and oxygen atoms in total. The van der Waals surface area contributed by atoms with Crippen molar-refractivity contribution in [2.24, 2.45) is 5.92 Å². The topological polar surface area (TPSA) is 136 Å². The highest BCUT2D eigenvalue weighted by atomic mass is 32.2. The third-order valence-electron chi connectivity index (χ3n) is 6.11. The van der Waals surface area contributed by atoms with Gasteiger partial charge in [0.15, 0.2) is 15.1 Å². The Hall–Kier alpha value is -3.16. The summed E-state index contributed by atoms with van der Waals surface area (Å²) in [6.07, 6.45) is 3.33. The number of thiazole rings is 1. The lowest BCUT2D eigenvalue weighted by molar-refractivity contribution is -0.126. The number of pyridine rings is 1. The van der Waals surface area contributed by atoms with Crippen molar-refractivity contribution in [3.63, 3.8) is 0 Å². The van der Waals surface area contributed by atoms with E-state index >= 15 is 4.39 Å². The fourth-order valence-electron chi connectivity index (χ4n) is 4.04. The van der Waals surface area contributed by atoms with Gasteiger partial charge in [0.05, 0.1) is 29.1 Å². The second-order valence-electron chi connectivity index (χ2n) is 9.95. The second-order valence-corrected chi connectivity index (χ2v) is 13.2. The molecule has 0 saturated heterocycles. The van der Waals surface area contributed by atoms with Crippen molar-refractivity contribution < 1.29 is 27.1 Å². The average Bonchev–Trinajstić information content (AvgIpc) is 3.59. The van der Waals surface area contributed by atoms with Gasteiger partial charge in [0.1, 0.15) is 10.8 Å².